The van der Waals surface area contributed by atoms with Crippen LogP contribution in [0, 0.1) is 0 Å². The lowest BCUT2D eigenvalue weighted by atomic mass is 10.1. The molecule has 0 aliphatic rings. The maximum absolute atomic E-state index is 11.8. The third-order valence-electron chi connectivity index (χ3n) is 2.60. The molecule has 8 nitrogen and oxygen atoms in total. The van der Waals surface area contributed by atoms with Crippen molar-refractivity contribution in [2.45, 2.75) is 13.0 Å². The zero-order valence-corrected chi connectivity index (χ0v) is 11.3. The quantitative estimate of drug-likeness (QED) is 0.804. The molecule has 110 valence electrons. The summed E-state index contributed by atoms with van der Waals surface area (Å²) in [4.78, 5) is 23.3. The van der Waals surface area contributed by atoms with Crippen LogP contribution in [0.25, 0.3) is 0 Å². The van der Waals surface area contributed by atoms with Gasteiger partial charge in [-0.1, -0.05) is 12.1 Å². The van der Waals surface area contributed by atoms with E-state index in [-0.39, 0.29) is 24.7 Å². The van der Waals surface area contributed by atoms with E-state index in [2.05, 4.69) is 15.5 Å². The van der Waals surface area contributed by atoms with E-state index in [9.17, 15) is 9.59 Å². The number of methoxy groups -OCH3 is 1. The first-order chi connectivity index (χ1) is 10.1. The van der Waals surface area contributed by atoms with Gasteiger partial charge in [-0.25, -0.2) is 0 Å². The zero-order chi connectivity index (χ0) is 15.2. The Hall–Kier alpha value is -2.90. The molecule has 0 saturated carbocycles. The standard InChI is InChI=1S/C13H14N4O4/c1-21-10-4-2-9(3-5-10)6-12(18)15-11-7-14-17(16-11)8-13(19)20/h2-5,7H,6,8H2,1H3,(H,19,20)(H,15,16,18). The average Bonchev–Trinajstić information content (AvgIpc) is 2.85. The number of benzene rings is 1. The Morgan fingerprint density at radius 1 is 1.33 bits per heavy atom. The van der Waals surface area contributed by atoms with Crippen LogP contribution in [0.3, 0.4) is 0 Å². The fraction of sp³-hybridized carbons (Fsp3) is 0.231. The normalized spacial score (nSPS) is 10.1. The number of rotatable bonds is 6. The van der Waals surface area contributed by atoms with Crippen molar-refractivity contribution in [1.82, 2.24) is 15.0 Å². The van der Waals surface area contributed by atoms with Gasteiger partial charge in [-0.2, -0.15) is 9.90 Å². The Bertz CT molecular complexity index is 636. The molecule has 2 rings (SSSR count). The number of carboxylic acids is 1. The van der Waals surface area contributed by atoms with Gasteiger partial charge < -0.3 is 15.2 Å². The van der Waals surface area contributed by atoms with Crippen LogP contribution >= 0.6 is 0 Å². The van der Waals surface area contributed by atoms with E-state index in [1.165, 1.54) is 6.20 Å². The Morgan fingerprint density at radius 3 is 2.67 bits per heavy atom. The van der Waals surface area contributed by atoms with Gasteiger partial charge in [0.15, 0.2) is 12.4 Å². The van der Waals surface area contributed by atoms with Crippen molar-refractivity contribution >= 4 is 17.7 Å². The number of aliphatic carboxylic acids is 1. The highest BCUT2D eigenvalue weighted by molar-refractivity contribution is 5.91. The van der Waals surface area contributed by atoms with Crippen LogP contribution in [0.2, 0.25) is 0 Å². The molecular formula is C13H14N4O4. The molecule has 0 aliphatic heterocycles. The highest BCUT2D eigenvalue weighted by atomic mass is 16.5. The molecule has 1 heterocycles. The SMILES string of the molecule is COc1ccc(CC(=O)Nc2cnn(CC(=O)O)n2)cc1. The summed E-state index contributed by atoms with van der Waals surface area (Å²) in [6.45, 7) is -0.353. The number of carbonyl (C=O) groups is 2. The number of nitrogens with zero attached hydrogens (tertiary/aromatic N) is 3. The molecule has 21 heavy (non-hydrogen) atoms. The Balaban J connectivity index is 1.91. The highest BCUT2D eigenvalue weighted by Crippen LogP contribution is 2.12. The predicted molar refractivity (Wildman–Crippen MR) is 73.0 cm³/mol. The van der Waals surface area contributed by atoms with Crippen LogP contribution in [-0.2, 0) is 22.6 Å². The monoisotopic (exact) mass is 290 g/mol. The maximum Gasteiger partial charge on any atom is 0.327 e. The third kappa shape index (κ3) is 4.30. The minimum atomic E-state index is -1.05. The Labute approximate surface area is 120 Å². The molecule has 0 spiro atoms. The lowest BCUT2D eigenvalue weighted by molar-refractivity contribution is -0.138. The summed E-state index contributed by atoms with van der Waals surface area (Å²) in [7, 11) is 1.57. The molecule has 2 aromatic rings. The fourth-order valence-electron chi connectivity index (χ4n) is 1.67. The number of amides is 1. The molecule has 1 aromatic carbocycles. The second kappa shape index (κ2) is 6.51. The van der Waals surface area contributed by atoms with Crippen molar-refractivity contribution in [2.24, 2.45) is 0 Å². The minimum Gasteiger partial charge on any atom is -0.497 e. The number of carbonyl (C=O) groups excluding carboxylic acids is 1. The van der Waals surface area contributed by atoms with Crippen LogP contribution in [0.1, 0.15) is 5.56 Å². The van der Waals surface area contributed by atoms with Crippen LogP contribution < -0.4 is 10.1 Å². The summed E-state index contributed by atoms with van der Waals surface area (Å²) in [5, 5.41) is 18.7. The van der Waals surface area contributed by atoms with E-state index in [0.29, 0.717) is 0 Å². The highest BCUT2D eigenvalue weighted by Gasteiger charge is 2.08. The van der Waals surface area contributed by atoms with E-state index in [1.807, 2.05) is 0 Å². The predicted octanol–water partition coefficient (Wildman–Crippen LogP) is 0.552. The molecule has 0 unspecified atom stereocenters. The van der Waals surface area contributed by atoms with Gasteiger partial charge in [0.05, 0.1) is 19.7 Å². The smallest absolute Gasteiger partial charge is 0.327 e. The van der Waals surface area contributed by atoms with Gasteiger partial charge in [0.1, 0.15) is 5.75 Å². The molecule has 1 amide bonds. The number of hydrogen-bond donors (Lipinski definition) is 2. The molecule has 2 N–H and O–H groups in total. The first-order valence-corrected chi connectivity index (χ1v) is 6.11. The Kier molecular flexibility index (Phi) is 4.50. The summed E-state index contributed by atoms with van der Waals surface area (Å²) >= 11 is 0. The van der Waals surface area contributed by atoms with Crippen molar-refractivity contribution in [2.75, 3.05) is 12.4 Å². The maximum atomic E-state index is 11.8. The van der Waals surface area contributed by atoms with E-state index >= 15 is 0 Å². The number of hydrogen-bond acceptors (Lipinski definition) is 5. The number of nitrogens with one attached hydrogen (secondary N) is 1. The first-order valence-electron chi connectivity index (χ1n) is 6.11. The first kappa shape index (κ1) is 14.5. The molecule has 0 atom stereocenters. The minimum absolute atomic E-state index is 0.176. The summed E-state index contributed by atoms with van der Waals surface area (Å²) in [5.41, 5.74) is 0.825. The zero-order valence-electron chi connectivity index (χ0n) is 11.3. The number of carboxylic acid groups (broad SMARTS) is 1. The van der Waals surface area contributed by atoms with Gasteiger partial charge >= 0.3 is 5.97 Å². The summed E-state index contributed by atoms with van der Waals surface area (Å²) in [6, 6.07) is 7.12. The van der Waals surface area contributed by atoms with E-state index in [1.54, 1.807) is 31.4 Å². The van der Waals surface area contributed by atoms with Gasteiger partial charge in [0.2, 0.25) is 5.91 Å². The molecule has 0 radical (unpaired) electrons. The second-order valence-corrected chi connectivity index (χ2v) is 4.23. The molecule has 0 fully saturated rings. The van der Waals surface area contributed by atoms with Gasteiger partial charge in [0, 0.05) is 0 Å². The number of ether oxygens (including phenoxy) is 1. The van der Waals surface area contributed by atoms with Crippen LogP contribution in [0.5, 0.6) is 5.75 Å². The fourth-order valence-corrected chi connectivity index (χ4v) is 1.67. The van der Waals surface area contributed by atoms with E-state index in [4.69, 9.17) is 9.84 Å². The van der Waals surface area contributed by atoms with Gasteiger partial charge in [0.25, 0.3) is 0 Å². The lowest BCUT2D eigenvalue weighted by Crippen LogP contribution is -2.16. The summed E-state index contributed by atoms with van der Waals surface area (Å²) in [5.74, 6) is -0.380. The van der Waals surface area contributed by atoms with Gasteiger partial charge in [-0.15, -0.1) is 5.10 Å². The van der Waals surface area contributed by atoms with Crippen LogP contribution in [-0.4, -0.2) is 39.1 Å². The number of anilines is 1. The summed E-state index contributed by atoms with van der Waals surface area (Å²) in [6.07, 6.45) is 1.48. The van der Waals surface area contributed by atoms with E-state index < -0.39 is 5.97 Å². The average molecular weight is 290 g/mol. The van der Waals surface area contributed by atoms with Crippen molar-refractivity contribution in [3.63, 3.8) is 0 Å². The largest absolute Gasteiger partial charge is 0.497 e. The van der Waals surface area contributed by atoms with Crippen molar-refractivity contribution in [3.05, 3.63) is 36.0 Å². The lowest BCUT2D eigenvalue weighted by Gasteiger charge is -2.03. The van der Waals surface area contributed by atoms with E-state index in [0.717, 1.165) is 16.1 Å². The topological polar surface area (TPSA) is 106 Å². The molecular weight excluding hydrogens is 276 g/mol. The van der Waals surface area contributed by atoms with Crippen LogP contribution in [0.4, 0.5) is 5.82 Å². The van der Waals surface area contributed by atoms with Gasteiger partial charge in [-0.05, 0) is 17.7 Å². The molecule has 0 bridgehead atoms. The Morgan fingerprint density at radius 2 is 2.05 bits per heavy atom. The molecule has 8 heteroatoms. The summed E-state index contributed by atoms with van der Waals surface area (Å²) < 4.78 is 5.03. The van der Waals surface area contributed by atoms with Crippen LogP contribution in [0.15, 0.2) is 30.5 Å². The van der Waals surface area contributed by atoms with Crippen molar-refractivity contribution in [3.8, 4) is 5.75 Å². The second-order valence-electron chi connectivity index (χ2n) is 4.23. The van der Waals surface area contributed by atoms with Crippen molar-refractivity contribution < 1.29 is 19.4 Å². The number of aromatic nitrogens is 3. The molecule has 1 aromatic heterocycles. The van der Waals surface area contributed by atoms with Crippen molar-refractivity contribution in [1.29, 1.82) is 0 Å². The van der Waals surface area contributed by atoms with Gasteiger partial charge in [-0.3, -0.25) is 9.59 Å². The third-order valence-corrected chi connectivity index (χ3v) is 2.60. The molecule has 0 saturated heterocycles. The molecule has 0 aliphatic carbocycles.